The standard InChI is InChI=1S/C14H21F2NOS/c1-3-17-11(2)6-4-5-9-19(18)14-8-7-12(15)10-13(14)16/h7-8,10-11,17H,3-6,9H2,1-2H3. The Morgan fingerprint density at radius 1 is 1.32 bits per heavy atom. The zero-order valence-corrected chi connectivity index (χ0v) is 12.2. The predicted molar refractivity (Wildman–Crippen MR) is 74.6 cm³/mol. The molecule has 1 aromatic rings. The summed E-state index contributed by atoms with van der Waals surface area (Å²) in [7, 11) is -1.38. The molecule has 0 spiro atoms. The molecule has 2 atom stereocenters. The molecule has 5 heteroatoms. The summed E-state index contributed by atoms with van der Waals surface area (Å²) in [5, 5.41) is 3.30. The Bertz CT molecular complexity index is 426. The summed E-state index contributed by atoms with van der Waals surface area (Å²) >= 11 is 0. The quantitative estimate of drug-likeness (QED) is 0.744. The van der Waals surface area contributed by atoms with Gasteiger partial charge in [0.05, 0.1) is 15.7 Å². The van der Waals surface area contributed by atoms with E-state index in [9.17, 15) is 13.0 Å². The Balaban J connectivity index is 2.35. The minimum absolute atomic E-state index is 0.0983. The van der Waals surface area contributed by atoms with E-state index in [0.29, 0.717) is 11.8 Å². The van der Waals surface area contributed by atoms with E-state index in [1.54, 1.807) is 0 Å². The van der Waals surface area contributed by atoms with Gasteiger partial charge < -0.3 is 5.32 Å². The lowest BCUT2D eigenvalue weighted by Gasteiger charge is -2.11. The fourth-order valence-electron chi connectivity index (χ4n) is 1.90. The summed E-state index contributed by atoms with van der Waals surface area (Å²) in [5.41, 5.74) is 0. The van der Waals surface area contributed by atoms with Gasteiger partial charge in [0.2, 0.25) is 0 Å². The lowest BCUT2D eigenvalue weighted by molar-refractivity contribution is 0.509. The van der Waals surface area contributed by atoms with Crippen LogP contribution in [0.3, 0.4) is 0 Å². The molecule has 0 bridgehead atoms. The molecule has 0 heterocycles. The molecule has 0 radical (unpaired) electrons. The number of hydrogen-bond donors (Lipinski definition) is 1. The summed E-state index contributed by atoms with van der Waals surface area (Å²) in [6.45, 7) is 5.11. The SMILES string of the molecule is CCNC(C)CCCCS(=O)c1ccc(F)cc1F. The average Bonchev–Trinajstić information content (AvgIpc) is 2.34. The van der Waals surface area contributed by atoms with Gasteiger partial charge in [-0.2, -0.15) is 0 Å². The van der Waals surface area contributed by atoms with Crippen LogP contribution in [-0.4, -0.2) is 22.5 Å². The average molecular weight is 289 g/mol. The second-order valence-electron chi connectivity index (χ2n) is 4.58. The Hall–Kier alpha value is -0.810. The van der Waals surface area contributed by atoms with Gasteiger partial charge in [-0.25, -0.2) is 8.78 Å². The zero-order valence-electron chi connectivity index (χ0n) is 11.4. The molecule has 1 N–H and O–H groups in total. The minimum Gasteiger partial charge on any atom is -0.315 e. The summed E-state index contributed by atoms with van der Waals surface area (Å²) in [6.07, 6.45) is 2.73. The van der Waals surface area contributed by atoms with E-state index >= 15 is 0 Å². The molecule has 0 aliphatic rings. The highest BCUT2D eigenvalue weighted by Gasteiger charge is 2.11. The van der Waals surface area contributed by atoms with Crippen LogP contribution in [0, 0.1) is 11.6 Å². The fraction of sp³-hybridized carbons (Fsp3) is 0.571. The summed E-state index contributed by atoms with van der Waals surface area (Å²) in [4.78, 5) is 0.0983. The number of halogens is 2. The summed E-state index contributed by atoms with van der Waals surface area (Å²) < 4.78 is 38.0. The van der Waals surface area contributed by atoms with Crippen LogP contribution in [0.5, 0.6) is 0 Å². The van der Waals surface area contributed by atoms with Crippen LogP contribution in [0.15, 0.2) is 23.1 Å². The van der Waals surface area contributed by atoms with Gasteiger partial charge in [0.15, 0.2) is 0 Å². The van der Waals surface area contributed by atoms with Crippen LogP contribution in [0.2, 0.25) is 0 Å². The molecular formula is C14H21F2NOS. The smallest absolute Gasteiger partial charge is 0.142 e. The molecular weight excluding hydrogens is 268 g/mol. The van der Waals surface area contributed by atoms with E-state index in [1.807, 2.05) is 0 Å². The lowest BCUT2D eigenvalue weighted by Crippen LogP contribution is -2.25. The van der Waals surface area contributed by atoms with Crippen molar-refractivity contribution >= 4 is 10.8 Å². The number of rotatable bonds is 8. The molecule has 108 valence electrons. The molecule has 0 aliphatic carbocycles. The maximum absolute atomic E-state index is 13.4. The van der Waals surface area contributed by atoms with Gasteiger partial charge in [-0.15, -0.1) is 0 Å². The maximum Gasteiger partial charge on any atom is 0.142 e. The molecule has 0 amide bonds. The molecule has 0 saturated carbocycles. The first-order chi connectivity index (χ1) is 9.04. The molecule has 0 aromatic heterocycles. The first-order valence-electron chi connectivity index (χ1n) is 6.61. The highest BCUT2D eigenvalue weighted by Crippen LogP contribution is 2.15. The third kappa shape index (κ3) is 5.78. The highest BCUT2D eigenvalue weighted by atomic mass is 32.2. The Labute approximate surface area is 116 Å². The largest absolute Gasteiger partial charge is 0.315 e. The number of unbranched alkanes of at least 4 members (excludes halogenated alkanes) is 1. The maximum atomic E-state index is 13.4. The second kappa shape index (κ2) is 8.38. The van der Waals surface area contributed by atoms with Crippen LogP contribution in [0.25, 0.3) is 0 Å². The molecule has 19 heavy (non-hydrogen) atoms. The lowest BCUT2D eigenvalue weighted by atomic mass is 10.1. The van der Waals surface area contributed by atoms with Gasteiger partial charge in [-0.3, -0.25) is 4.21 Å². The van der Waals surface area contributed by atoms with Crippen LogP contribution in [0.4, 0.5) is 8.78 Å². The van der Waals surface area contributed by atoms with E-state index in [4.69, 9.17) is 0 Å². The Kier molecular flexibility index (Phi) is 7.16. The van der Waals surface area contributed by atoms with Gasteiger partial charge in [0.1, 0.15) is 11.6 Å². The normalized spacial score (nSPS) is 14.3. The predicted octanol–water partition coefficient (Wildman–Crippen LogP) is 3.24. The topological polar surface area (TPSA) is 29.1 Å². The monoisotopic (exact) mass is 289 g/mol. The van der Waals surface area contributed by atoms with Gasteiger partial charge in [-0.1, -0.05) is 13.3 Å². The van der Waals surface area contributed by atoms with Crippen molar-refractivity contribution < 1.29 is 13.0 Å². The van der Waals surface area contributed by atoms with Crippen molar-refractivity contribution in [1.82, 2.24) is 5.32 Å². The highest BCUT2D eigenvalue weighted by molar-refractivity contribution is 7.85. The van der Waals surface area contributed by atoms with E-state index in [2.05, 4.69) is 19.2 Å². The van der Waals surface area contributed by atoms with Gasteiger partial charge in [0, 0.05) is 17.9 Å². The van der Waals surface area contributed by atoms with Crippen LogP contribution in [0.1, 0.15) is 33.1 Å². The van der Waals surface area contributed by atoms with Crippen LogP contribution >= 0.6 is 0 Å². The molecule has 2 unspecified atom stereocenters. The molecule has 2 nitrogen and oxygen atoms in total. The summed E-state index contributed by atoms with van der Waals surface area (Å²) in [6, 6.07) is 3.63. The first kappa shape index (κ1) is 16.2. The molecule has 0 fully saturated rings. The fourth-order valence-corrected chi connectivity index (χ4v) is 3.09. The third-order valence-corrected chi connectivity index (χ3v) is 4.39. The van der Waals surface area contributed by atoms with Crippen molar-refractivity contribution in [3.05, 3.63) is 29.8 Å². The van der Waals surface area contributed by atoms with Crippen molar-refractivity contribution in [2.75, 3.05) is 12.3 Å². The first-order valence-corrected chi connectivity index (χ1v) is 7.93. The van der Waals surface area contributed by atoms with Crippen molar-refractivity contribution in [2.24, 2.45) is 0 Å². The van der Waals surface area contributed by atoms with Crippen molar-refractivity contribution in [3.8, 4) is 0 Å². The number of hydrogen-bond acceptors (Lipinski definition) is 2. The Morgan fingerprint density at radius 3 is 2.68 bits per heavy atom. The van der Waals surface area contributed by atoms with E-state index in [0.717, 1.165) is 37.9 Å². The summed E-state index contributed by atoms with van der Waals surface area (Å²) in [5.74, 6) is -0.946. The van der Waals surface area contributed by atoms with Crippen molar-refractivity contribution in [3.63, 3.8) is 0 Å². The van der Waals surface area contributed by atoms with Crippen LogP contribution < -0.4 is 5.32 Å². The minimum atomic E-state index is -1.38. The van der Waals surface area contributed by atoms with Crippen molar-refractivity contribution in [2.45, 2.75) is 44.0 Å². The van der Waals surface area contributed by atoms with Gasteiger partial charge >= 0.3 is 0 Å². The second-order valence-corrected chi connectivity index (χ2v) is 6.12. The number of nitrogens with one attached hydrogen (secondary N) is 1. The van der Waals surface area contributed by atoms with Gasteiger partial charge in [-0.05, 0) is 38.4 Å². The molecule has 1 rings (SSSR count). The van der Waals surface area contributed by atoms with Crippen molar-refractivity contribution in [1.29, 1.82) is 0 Å². The van der Waals surface area contributed by atoms with Crippen LogP contribution in [-0.2, 0) is 10.8 Å². The van der Waals surface area contributed by atoms with E-state index < -0.39 is 22.4 Å². The molecule has 0 saturated heterocycles. The van der Waals surface area contributed by atoms with Gasteiger partial charge in [0.25, 0.3) is 0 Å². The molecule has 0 aliphatic heterocycles. The zero-order chi connectivity index (χ0) is 14.3. The third-order valence-electron chi connectivity index (χ3n) is 2.91. The number of benzene rings is 1. The van der Waals surface area contributed by atoms with E-state index in [-0.39, 0.29) is 4.90 Å². The Morgan fingerprint density at radius 2 is 2.05 bits per heavy atom. The molecule has 1 aromatic carbocycles. The van der Waals surface area contributed by atoms with E-state index in [1.165, 1.54) is 6.07 Å².